The van der Waals surface area contributed by atoms with Crippen molar-refractivity contribution in [1.82, 2.24) is 0 Å². The molecule has 0 aliphatic rings. The molecule has 0 atom stereocenters. The Bertz CT molecular complexity index is 718. The maximum Gasteiger partial charge on any atom is 0.189 e. The summed E-state index contributed by atoms with van der Waals surface area (Å²) in [6.45, 7) is 8.86. The van der Waals surface area contributed by atoms with Crippen molar-refractivity contribution in [2.75, 3.05) is 0 Å². The zero-order valence-electron chi connectivity index (χ0n) is 13.1. The Balaban J connectivity index is 2.49. The average molecular weight is 298 g/mol. The van der Waals surface area contributed by atoms with E-state index in [0.29, 0.717) is 29.0 Å². The number of hydrogen-bond donors (Lipinski definition) is 0. The van der Waals surface area contributed by atoms with Crippen LogP contribution in [0.3, 0.4) is 0 Å². The van der Waals surface area contributed by atoms with E-state index in [-0.39, 0.29) is 17.2 Å². The van der Waals surface area contributed by atoms with Crippen LogP contribution in [0.15, 0.2) is 43.0 Å². The molecule has 2 aromatic carbocycles. The van der Waals surface area contributed by atoms with Crippen LogP contribution in [0.25, 0.3) is 0 Å². The molecule has 0 saturated carbocycles. The Kier molecular flexibility index (Phi) is 4.76. The fourth-order valence-electron chi connectivity index (χ4n) is 2.39. The average Bonchev–Trinajstić information content (AvgIpc) is 2.55. The van der Waals surface area contributed by atoms with Crippen LogP contribution < -0.4 is 4.74 Å². The summed E-state index contributed by atoms with van der Waals surface area (Å²) in [4.78, 5) is 12.1. The van der Waals surface area contributed by atoms with Gasteiger partial charge in [0.25, 0.3) is 0 Å². The van der Waals surface area contributed by atoms with E-state index in [2.05, 4.69) is 6.58 Å². The molecular formula is C19H19FO2. The van der Waals surface area contributed by atoms with Crippen LogP contribution >= 0.6 is 0 Å². The van der Waals surface area contributed by atoms with E-state index in [4.69, 9.17) is 4.74 Å². The predicted octanol–water partition coefficient (Wildman–Crippen LogP) is 4.70. The standard InChI is InChI=1S/C19H19FO2/c1-5-16(21)17-14(4)18(20)12(2)13(3)19(17)22-11-15-9-7-6-8-10-15/h5-10H,1,11H2,2-4H3. The lowest BCUT2D eigenvalue weighted by molar-refractivity contribution is 0.104. The number of ketones is 1. The summed E-state index contributed by atoms with van der Waals surface area (Å²) >= 11 is 0. The van der Waals surface area contributed by atoms with Gasteiger partial charge in [-0.05, 0) is 49.1 Å². The Labute approximate surface area is 130 Å². The van der Waals surface area contributed by atoms with Crippen LogP contribution in [0.5, 0.6) is 5.75 Å². The molecule has 2 nitrogen and oxygen atoms in total. The van der Waals surface area contributed by atoms with E-state index in [1.54, 1.807) is 20.8 Å². The summed E-state index contributed by atoms with van der Waals surface area (Å²) in [5, 5.41) is 0. The van der Waals surface area contributed by atoms with E-state index >= 15 is 0 Å². The van der Waals surface area contributed by atoms with Gasteiger partial charge >= 0.3 is 0 Å². The molecule has 0 unspecified atom stereocenters. The largest absolute Gasteiger partial charge is 0.488 e. The lowest BCUT2D eigenvalue weighted by Crippen LogP contribution is -2.10. The van der Waals surface area contributed by atoms with Gasteiger partial charge in [-0.15, -0.1) is 0 Å². The topological polar surface area (TPSA) is 26.3 Å². The normalized spacial score (nSPS) is 10.4. The summed E-state index contributed by atoms with van der Waals surface area (Å²) in [7, 11) is 0. The van der Waals surface area contributed by atoms with Crippen LogP contribution in [-0.4, -0.2) is 5.78 Å². The summed E-state index contributed by atoms with van der Waals surface area (Å²) < 4.78 is 20.1. The van der Waals surface area contributed by atoms with Crippen LogP contribution in [0.2, 0.25) is 0 Å². The van der Waals surface area contributed by atoms with Gasteiger partial charge in [0.05, 0.1) is 5.56 Å². The van der Waals surface area contributed by atoms with Gasteiger partial charge in [-0.25, -0.2) is 4.39 Å². The fourth-order valence-corrected chi connectivity index (χ4v) is 2.39. The second-order valence-electron chi connectivity index (χ2n) is 5.24. The lowest BCUT2D eigenvalue weighted by atomic mass is 9.95. The zero-order chi connectivity index (χ0) is 16.3. The quantitative estimate of drug-likeness (QED) is 0.591. The molecule has 3 heteroatoms. The highest BCUT2D eigenvalue weighted by molar-refractivity contribution is 6.07. The van der Waals surface area contributed by atoms with Crippen molar-refractivity contribution in [3.63, 3.8) is 0 Å². The smallest absolute Gasteiger partial charge is 0.189 e. The maximum atomic E-state index is 14.2. The van der Waals surface area contributed by atoms with Crippen molar-refractivity contribution in [2.45, 2.75) is 27.4 Å². The second-order valence-corrected chi connectivity index (χ2v) is 5.24. The van der Waals surface area contributed by atoms with Crippen molar-refractivity contribution < 1.29 is 13.9 Å². The first-order valence-electron chi connectivity index (χ1n) is 7.10. The minimum Gasteiger partial charge on any atom is -0.488 e. The zero-order valence-corrected chi connectivity index (χ0v) is 13.1. The van der Waals surface area contributed by atoms with E-state index < -0.39 is 0 Å². The Hall–Kier alpha value is -2.42. The Morgan fingerprint density at radius 1 is 1.14 bits per heavy atom. The Morgan fingerprint density at radius 2 is 1.77 bits per heavy atom. The SMILES string of the molecule is C=CC(=O)c1c(C)c(F)c(C)c(C)c1OCc1ccccc1. The van der Waals surface area contributed by atoms with Crippen LogP contribution in [-0.2, 0) is 6.61 Å². The number of ether oxygens (including phenoxy) is 1. The third kappa shape index (κ3) is 2.93. The van der Waals surface area contributed by atoms with Gasteiger partial charge in [-0.2, -0.15) is 0 Å². The number of allylic oxidation sites excluding steroid dienone is 1. The fraction of sp³-hybridized carbons (Fsp3) is 0.211. The first-order valence-corrected chi connectivity index (χ1v) is 7.10. The van der Waals surface area contributed by atoms with Crippen LogP contribution in [0, 0.1) is 26.6 Å². The molecule has 2 aromatic rings. The third-order valence-corrected chi connectivity index (χ3v) is 3.82. The molecule has 0 bridgehead atoms. The van der Waals surface area contributed by atoms with Gasteiger partial charge < -0.3 is 4.74 Å². The minimum atomic E-state index is -0.366. The molecule has 0 aromatic heterocycles. The highest BCUT2D eigenvalue weighted by Gasteiger charge is 2.22. The summed E-state index contributed by atoms with van der Waals surface area (Å²) in [5.74, 6) is -0.262. The number of halogens is 1. The molecule has 0 amide bonds. The van der Waals surface area contributed by atoms with E-state index in [1.165, 1.54) is 6.08 Å². The Morgan fingerprint density at radius 3 is 2.36 bits per heavy atom. The van der Waals surface area contributed by atoms with Gasteiger partial charge in [0.15, 0.2) is 5.78 Å². The first-order chi connectivity index (χ1) is 10.5. The van der Waals surface area contributed by atoms with Crippen LogP contribution in [0.4, 0.5) is 4.39 Å². The predicted molar refractivity (Wildman–Crippen MR) is 85.9 cm³/mol. The molecule has 114 valence electrons. The molecule has 0 saturated heterocycles. The van der Waals surface area contributed by atoms with Crippen molar-refractivity contribution in [1.29, 1.82) is 0 Å². The molecule has 0 aliphatic carbocycles. The van der Waals surface area contributed by atoms with Crippen molar-refractivity contribution in [3.05, 3.63) is 76.6 Å². The number of carbonyl (C=O) groups excluding carboxylic acids is 1. The molecule has 0 aliphatic heterocycles. The molecule has 0 fully saturated rings. The molecule has 22 heavy (non-hydrogen) atoms. The highest BCUT2D eigenvalue weighted by atomic mass is 19.1. The molecule has 0 N–H and O–H groups in total. The minimum absolute atomic E-state index is 0.256. The van der Waals surface area contributed by atoms with E-state index in [9.17, 15) is 9.18 Å². The molecule has 2 rings (SSSR count). The highest BCUT2D eigenvalue weighted by Crippen LogP contribution is 2.33. The molecule has 0 heterocycles. The van der Waals surface area contributed by atoms with E-state index in [0.717, 1.165) is 5.56 Å². The third-order valence-electron chi connectivity index (χ3n) is 3.82. The first kappa shape index (κ1) is 16.0. The van der Waals surface area contributed by atoms with Gasteiger partial charge in [0.1, 0.15) is 18.2 Å². The van der Waals surface area contributed by atoms with Crippen molar-refractivity contribution >= 4 is 5.78 Å². The van der Waals surface area contributed by atoms with Gasteiger partial charge in [0.2, 0.25) is 0 Å². The summed E-state index contributed by atoms with van der Waals surface area (Å²) in [6, 6.07) is 9.64. The number of hydrogen-bond acceptors (Lipinski definition) is 2. The van der Waals surface area contributed by atoms with Crippen molar-refractivity contribution in [2.24, 2.45) is 0 Å². The van der Waals surface area contributed by atoms with Crippen LogP contribution in [0.1, 0.15) is 32.6 Å². The van der Waals surface area contributed by atoms with Gasteiger partial charge in [-0.3, -0.25) is 4.79 Å². The lowest BCUT2D eigenvalue weighted by Gasteiger charge is -2.18. The van der Waals surface area contributed by atoms with E-state index in [1.807, 2.05) is 30.3 Å². The number of carbonyl (C=O) groups is 1. The van der Waals surface area contributed by atoms with Crippen molar-refractivity contribution in [3.8, 4) is 5.75 Å². The summed E-state index contributed by atoms with van der Waals surface area (Å²) in [5.41, 5.74) is 2.69. The van der Waals surface area contributed by atoms with Gasteiger partial charge in [-0.1, -0.05) is 36.9 Å². The maximum absolute atomic E-state index is 14.2. The summed E-state index contributed by atoms with van der Waals surface area (Å²) in [6.07, 6.45) is 1.19. The second kappa shape index (κ2) is 6.56. The monoisotopic (exact) mass is 298 g/mol. The number of rotatable bonds is 5. The molecule has 0 radical (unpaired) electrons. The number of benzene rings is 2. The molecular weight excluding hydrogens is 279 g/mol. The van der Waals surface area contributed by atoms with Gasteiger partial charge in [0, 0.05) is 0 Å². The molecule has 0 spiro atoms.